The van der Waals surface area contributed by atoms with Crippen molar-refractivity contribution in [1.29, 1.82) is 0 Å². The maximum Gasteiger partial charge on any atom is 0.250 e. The van der Waals surface area contributed by atoms with Gasteiger partial charge in [0.05, 0.1) is 6.04 Å². The molecule has 2 aliphatic rings. The number of anilines is 1. The summed E-state index contributed by atoms with van der Waals surface area (Å²) in [6, 6.07) is 7.82. The first-order valence-corrected chi connectivity index (χ1v) is 10.2. The van der Waals surface area contributed by atoms with E-state index in [-0.39, 0.29) is 23.9 Å². The van der Waals surface area contributed by atoms with Crippen LogP contribution in [0, 0.1) is 5.92 Å². The fourth-order valence-corrected chi connectivity index (χ4v) is 3.91. The summed E-state index contributed by atoms with van der Waals surface area (Å²) in [5, 5.41) is 6.41. The van der Waals surface area contributed by atoms with Gasteiger partial charge in [0.2, 0.25) is 5.91 Å². The SMILES string of the molecule is CC(C)C[C@@H](/C=C/C(=O)N1CCc2ccccc21)NC(=O)C1CCCCN1. The highest BCUT2D eigenvalue weighted by Gasteiger charge is 2.24. The van der Waals surface area contributed by atoms with Gasteiger partial charge in [-0.05, 0) is 49.8 Å². The van der Waals surface area contributed by atoms with Crippen LogP contribution in [0.15, 0.2) is 36.4 Å². The highest BCUT2D eigenvalue weighted by Crippen LogP contribution is 2.27. The van der Waals surface area contributed by atoms with Crippen molar-refractivity contribution in [3.8, 4) is 0 Å². The van der Waals surface area contributed by atoms with Crippen LogP contribution in [0.25, 0.3) is 0 Å². The minimum Gasteiger partial charge on any atom is -0.349 e. The molecular formula is C22H31N3O2. The Morgan fingerprint density at radius 3 is 2.85 bits per heavy atom. The van der Waals surface area contributed by atoms with Gasteiger partial charge in [0.1, 0.15) is 0 Å². The molecule has 0 radical (unpaired) electrons. The number of nitrogens with zero attached hydrogens (tertiary/aromatic N) is 1. The molecule has 1 saturated heterocycles. The van der Waals surface area contributed by atoms with Crippen molar-refractivity contribution in [1.82, 2.24) is 10.6 Å². The molecule has 2 atom stereocenters. The summed E-state index contributed by atoms with van der Waals surface area (Å²) in [5.74, 6) is 0.463. The Bertz CT molecular complexity index is 693. The molecule has 0 aliphatic carbocycles. The molecule has 5 nitrogen and oxygen atoms in total. The van der Waals surface area contributed by atoms with Crippen LogP contribution in [0.3, 0.4) is 0 Å². The number of benzene rings is 1. The maximum absolute atomic E-state index is 12.7. The van der Waals surface area contributed by atoms with E-state index in [1.807, 2.05) is 29.2 Å². The van der Waals surface area contributed by atoms with Gasteiger partial charge in [-0.25, -0.2) is 0 Å². The van der Waals surface area contributed by atoms with Crippen LogP contribution >= 0.6 is 0 Å². The molecule has 2 aliphatic heterocycles. The number of nitrogens with one attached hydrogen (secondary N) is 2. The normalized spacial score (nSPS) is 20.7. The number of carbonyl (C=O) groups is 2. The van der Waals surface area contributed by atoms with E-state index < -0.39 is 0 Å². The van der Waals surface area contributed by atoms with Gasteiger partial charge < -0.3 is 15.5 Å². The molecule has 146 valence electrons. The van der Waals surface area contributed by atoms with E-state index >= 15 is 0 Å². The van der Waals surface area contributed by atoms with E-state index in [0.717, 1.165) is 50.9 Å². The quantitative estimate of drug-likeness (QED) is 0.758. The molecule has 2 amide bonds. The average molecular weight is 370 g/mol. The lowest BCUT2D eigenvalue weighted by Crippen LogP contribution is -2.49. The van der Waals surface area contributed by atoms with Gasteiger partial charge in [-0.15, -0.1) is 0 Å². The fourth-order valence-electron chi connectivity index (χ4n) is 3.91. The van der Waals surface area contributed by atoms with Crippen molar-refractivity contribution in [3.63, 3.8) is 0 Å². The molecular weight excluding hydrogens is 338 g/mol. The van der Waals surface area contributed by atoms with Gasteiger partial charge in [0.15, 0.2) is 0 Å². The van der Waals surface area contributed by atoms with Gasteiger partial charge in [-0.1, -0.05) is 44.5 Å². The van der Waals surface area contributed by atoms with Crippen molar-refractivity contribution in [2.24, 2.45) is 5.92 Å². The number of para-hydroxylation sites is 1. The number of hydrogen-bond acceptors (Lipinski definition) is 3. The van der Waals surface area contributed by atoms with E-state index in [0.29, 0.717) is 5.92 Å². The van der Waals surface area contributed by atoms with Gasteiger partial charge in [0.25, 0.3) is 5.91 Å². The highest BCUT2D eigenvalue weighted by atomic mass is 16.2. The zero-order chi connectivity index (χ0) is 19.2. The largest absolute Gasteiger partial charge is 0.349 e. The van der Waals surface area contributed by atoms with Crippen molar-refractivity contribution in [2.45, 2.75) is 58.0 Å². The first-order chi connectivity index (χ1) is 13.0. The summed E-state index contributed by atoms with van der Waals surface area (Å²) >= 11 is 0. The van der Waals surface area contributed by atoms with Crippen molar-refractivity contribution in [3.05, 3.63) is 42.0 Å². The van der Waals surface area contributed by atoms with E-state index in [1.54, 1.807) is 6.08 Å². The second-order valence-corrected chi connectivity index (χ2v) is 7.97. The predicted molar refractivity (Wildman–Crippen MR) is 109 cm³/mol. The topological polar surface area (TPSA) is 61.4 Å². The second-order valence-electron chi connectivity index (χ2n) is 7.97. The van der Waals surface area contributed by atoms with Gasteiger partial charge in [0, 0.05) is 24.4 Å². The lowest BCUT2D eigenvalue weighted by molar-refractivity contribution is -0.124. The van der Waals surface area contributed by atoms with Crippen LogP contribution < -0.4 is 15.5 Å². The summed E-state index contributed by atoms with van der Waals surface area (Å²) in [6.07, 6.45) is 8.31. The Kier molecular flexibility index (Phi) is 6.67. The zero-order valence-corrected chi connectivity index (χ0v) is 16.4. The van der Waals surface area contributed by atoms with E-state index in [9.17, 15) is 9.59 Å². The van der Waals surface area contributed by atoms with Gasteiger partial charge >= 0.3 is 0 Å². The minimum absolute atomic E-state index is 0.0150. The van der Waals surface area contributed by atoms with Crippen LogP contribution in [0.1, 0.15) is 45.1 Å². The zero-order valence-electron chi connectivity index (χ0n) is 16.4. The lowest BCUT2D eigenvalue weighted by Gasteiger charge is -2.25. The van der Waals surface area contributed by atoms with Crippen molar-refractivity contribution in [2.75, 3.05) is 18.0 Å². The molecule has 1 fully saturated rings. The van der Waals surface area contributed by atoms with Crippen LogP contribution in [0.5, 0.6) is 0 Å². The van der Waals surface area contributed by atoms with E-state index in [4.69, 9.17) is 0 Å². The number of fused-ring (bicyclic) bond motifs is 1. The molecule has 27 heavy (non-hydrogen) atoms. The summed E-state index contributed by atoms with van der Waals surface area (Å²) in [4.78, 5) is 27.1. The Hall–Kier alpha value is -2.14. The average Bonchev–Trinajstić information content (AvgIpc) is 3.10. The van der Waals surface area contributed by atoms with Crippen LogP contribution in [-0.4, -0.2) is 37.0 Å². The monoisotopic (exact) mass is 369 g/mol. The maximum atomic E-state index is 12.7. The highest BCUT2D eigenvalue weighted by molar-refractivity contribution is 6.03. The van der Waals surface area contributed by atoms with Crippen LogP contribution in [0.4, 0.5) is 5.69 Å². The smallest absolute Gasteiger partial charge is 0.250 e. The Labute approximate surface area is 162 Å². The van der Waals surface area contributed by atoms with Gasteiger partial charge in [-0.3, -0.25) is 9.59 Å². The molecule has 0 aromatic heterocycles. The van der Waals surface area contributed by atoms with Crippen molar-refractivity contribution >= 4 is 17.5 Å². The second kappa shape index (κ2) is 9.18. The summed E-state index contributed by atoms with van der Waals surface area (Å²) < 4.78 is 0. The Morgan fingerprint density at radius 2 is 2.11 bits per heavy atom. The predicted octanol–water partition coefficient (Wildman–Crippen LogP) is 2.80. The minimum atomic E-state index is -0.122. The molecule has 1 unspecified atom stereocenters. The first kappa shape index (κ1) is 19.6. The summed E-state index contributed by atoms with van der Waals surface area (Å²) in [5.41, 5.74) is 2.22. The summed E-state index contributed by atoms with van der Waals surface area (Å²) in [6.45, 7) is 5.88. The van der Waals surface area contributed by atoms with Crippen LogP contribution in [-0.2, 0) is 16.0 Å². The third-order valence-electron chi connectivity index (χ3n) is 5.30. The molecule has 3 rings (SSSR count). The first-order valence-electron chi connectivity index (χ1n) is 10.2. The fraction of sp³-hybridized carbons (Fsp3) is 0.545. The summed E-state index contributed by atoms with van der Waals surface area (Å²) in [7, 11) is 0. The third-order valence-corrected chi connectivity index (χ3v) is 5.30. The number of hydrogen-bond donors (Lipinski definition) is 2. The van der Waals surface area contributed by atoms with E-state index in [1.165, 1.54) is 5.56 Å². The molecule has 5 heteroatoms. The van der Waals surface area contributed by atoms with E-state index in [2.05, 4.69) is 30.5 Å². The van der Waals surface area contributed by atoms with Crippen molar-refractivity contribution < 1.29 is 9.59 Å². The lowest BCUT2D eigenvalue weighted by atomic mass is 10.0. The number of carbonyl (C=O) groups excluding carboxylic acids is 2. The Balaban J connectivity index is 1.63. The van der Waals surface area contributed by atoms with Crippen LogP contribution in [0.2, 0.25) is 0 Å². The number of piperidine rings is 1. The molecule has 2 heterocycles. The number of amides is 2. The number of rotatable bonds is 6. The third kappa shape index (κ3) is 5.19. The molecule has 1 aromatic rings. The van der Waals surface area contributed by atoms with Gasteiger partial charge in [-0.2, -0.15) is 0 Å². The molecule has 2 N–H and O–H groups in total. The standard InChI is InChI=1S/C22H31N3O2/c1-16(2)15-18(24-22(27)19-8-5-6-13-23-19)10-11-21(26)25-14-12-17-7-3-4-9-20(17)25/h3-4,7,9-11,16,18-19,23H,5-6,8,12-15H2,1-2H3,(H,24,27)/b11-10+/t18-,19?/m1/s1. The Morgan fingerprint density at radius 1 is 1.30 bits per heavy atom. The molecule has 1 aromatic carbocycles. The molecule has 0 bridgehead atoms. The molecule has 0 saturated carbocycles. The molecule has 0 spiro atoms.